The number of rotatable bonds is 5. The molecular formula is C12H17NO2. The molecule has 0 aliphatic carbocycles. The first-order chi connectivity index (χ1) is 7.26. The van der Waals surface area contributed by atoms with Gasteiger partial charge >= 0.3 is 5.97 Å². The van der Waals surface area contributed by atoms with Gasteiger partial charge in [0.1, 0.15) is 5.75 Å². The summed E-state index contributed by atoms with van der Waals surface area (Å²) in [6.07, 6.45) is 1.29. The average molecular weight is 207 g/mol. The lowest BCUT2D eigenvalue weighted by Gasteiger charge is -2.10. The van der Waals surface area contributed by atoms with Gasteiger partial charge in [-0.15, -0.1) is 0 Å². The van der Waals surface area contributed by atoms with E-state index in [1.54, 1.807) is 12.1 Å². The van der Waals surface area contributed by atoms with E-state index in [0.717, 1.165) is 6.42 Å². The molecule has 15 heavy (non-hydrogen) atoms. The molecule has 0 aliphatic heterocycles. The molecule has 0 aliphatic rings. The Morgan fingerprint density at radius 1 is 1.40 bits per heavy atom. The second-order valence-corrected chi connectivity index (χ2v) is 3.50. The maximum Gasteiger partial charge on any atom is 0.311 e. The number of esters is 1. The van der Waals surface area contributed by atoms with Gasteiger partial charge in [-0.05, 0) is 24.6 Å². The van der Waals surface area contributed by atoms with E-state index in [-0.39, 0.29) is 11.9 Å². The largest absolute Gasteiger partial charge is 0.427 e. The van der Waals surface area contributed by atoms with Crippen LogP contribution in [0.5, 0.6) is 5.75 Å². The van der Waals surface area contributed by atoms with Crippen molar-refractivity contribution >= 4 is 5.97 Å². The van der Waals surface area contributed by atoms with Crippen LogP contribution < -0.4 is 10.5 Å². The van der Waals surface area contributed by atoms with Gasteiger partial charge in [0.15, 0.2) is 0 Å². The van der Waals surface area contributed by atoms with Gasteiger partial charge in [-0.3, -0.25) is 4.79 Å². The van der Waals surface area contributed by atoms with Crippen molar-refractivity contribution in [3.63, 3.8) is 0 Å². The highest BCUT2D eigenvalue weighted by atomic mass is 16.5. The van der Waals surface area contributed by atoms with Crippen molar-refractivity contribution in [2.45, 2.75) is 19.8 Å². The van der Waals surface area contributed by atoms with Crippen LogP contribution in [-0.4, -0.2) is 12.5 Å². The van der Waals surface area contributed by atoms with Crippen LogP contribution in [0.3, 0.4) is 0 Å². The van der Waals surface area contributed by atoms with Gasteiger partial charge in [-0.2, -0.15) is 0 Å². The molecule has 0 amide bonds. The van der Waals surface area contributed by atoms with Crippen molar-refractivity contribution in [1.29, 1.82) is 0 Å². The molecule has 0 spiro atoms. The van der Waals surface area contributed by atoms with Crippen molar-refractivity contribution in [2.75, 3.05) is 6.54 Å². The summed E-state index contributed by atoms with van der Waals surface area (Å²) < 4.78 is 5.15. The lowest BCUT2D eigenvalue weighted by molar-refractivity contribution is -0.135. The maximum atomic E-state index is 11.5. The van der Waals surface area contributed by atoms with E-state index in [0.29, 0.717) is 18.7 Å². The third-order valence-electron chi connectivity index (χ3n) is 2.34. The molecule has 0 aromatic heterocycles. The summed E-state index contributed by atoms with van der Waals surface area (Å²) in [5.74, 6) is 0.606. The number of carbonyl (C=O) groups excluding carboxylic acids is 1. The molecule has 1 atom stereocenters. The fourth-order valence-electron chi connectivity index (χ4n) is 1.29. The minimum absolute atomic E-state index is 0.210. The second-order valence-electron chi connectivity index (χ2n) is 3.50. The molecule has 3 heteroatoms. The SMILES string of the molecule is CCC(CN)CC(=O)Oc1ccccc1. The first-order valence-electron chi connectivity index (χ1n) is 5.22. The lowest BCUT2D eigenvalue weighted by Crippen LogP contribution is -2.20. The summed E-state index contributed by atoms with van der Waals surface area (Å²) in [6.45, 7) is 2.55. The first-order valence-corrected chi connectivity index (χ1v) is 5.22. The van der Waals surface area contributed by atoms with Crippen molar-refractivity contribution in [1.82, 2.24) is 0 Å². The Bertz CT molecular complexity index is 294. The van der Waals surface area contributed by atoms with Crippen LogP contribution in [0.25, 0.3) is 0 Å². The highest BCUT2D eigenvalue weighted by Gasteiger charge is 2.11. The van der Waals surface area contributed by atoms with E-state index in [1.165, 1.54) is 0 Å². The summed E-state index contributed by atoms with van der Waals surface area (Å²) in [4.78, 5) is 11.5. The number of benzene rings is 1. The van der Waals surface area contributed by atoms with E-state index in [1.807, 2.05) is 25.1 Å². The smallest absolute Gasteiger partial charge is 0.311 e. The molecule has 82 valence electrons. The van der Waals surface area contributed by atoms with Gasteiger partial charge in [0.05, 0.1) is 0 Å². The minimum atomic E-state index is -0.210. The Morgan fingerprint density at radius 3 is 2.60 bits per heavy atom. The molecule has 1 aromatic carbocycles. The van der Waals surface area contributed by atoms with E-state index in [2.05, 4.69) is 0 Å². The number of hydrogen-bond acceptors (Lipinski definition) is 3. The zero-order valence-electron chi connectivity index (χ0n) is 8.98. The van der Waals surface area contributed by atoms with Gasteiger partial charge in [0, 0.05) is 6.42 Å². The van der Waals surface area contributed by atoms with Gasteiger partial charge < -0.3 is 10.5 Å². The minimum Gasteiger partial charge on any atom is -0.427 e. The summed E-state index contributed by atoms with van der Waals surface area (Å²) in [5, 5.41) is 0. The van der Waals surface area contributed by atoms with Crippen molar-refractivity contribution < 1.29 is 9.53 Å². The van der Waals surface area contributed by atoms with E-state index >= 15 is 0 Å². The van der Waals surface area contributed by atoms with Gasteiger partial charge in [-0.1, -0.05) is 31.5 Å². The number of ether oxygens (including phenoxy) is 1. The highest BCUT2D eigenvalue weighted by molar-refractivity contribution is 5.72. The van der Waals surface area contributed by atoms with E-state index in [9.17, 15) is 4.79 Å². The van der Waals surface area contributed by atoms with Crippen LogP contribution in [0, 0.1) is 5.92 Å². The van der Waals surface area contributed by atoms with E-state index in [4.69, 9.17) is 10.5 Å². The standard InChI is InChI=1S/C12H17NO2/c1-2-10(9-13)8-12(14)15-11-6-4-3-5-7-11/h3-7,10H,2,8-9,13H2,1H3. The normalized spacial score (nSPS) is 12.1. The van der Waals surface area contributed by atoms with Crippen molar-refractivity contribution in [3.05, 3.63) is 30.3 Å². The topological polar surface area (TPSA) is 52.3 Å². The average Bonchev–Trinajstić information content (AvgIpc) is 2.27. The molecule has 1 rings (SSSR count). The number of carbonyl (C=O) groups is 1. The summed E-state index contributed by atoms with van der Waals surface area (Å²) in [5.41, 5.74) is 5.52. The Labute approximate surface area is 90.2 Å². The molecule has 0 saturated carbocycles. The number of para-hydroxylation sites is 1. The Hall–Kier alpha value is -1.35. The second kappa shape index (κ2) is 6.19. The van der Waals surface area contributed by atoms with Gasteiger partial charge in [0.2, 0.25) is 0 Å². The van der Waals surface area contributed by atoms with Gasteiger partial charge in [-0.25, -0.2) is 0 Å². The maximum absolute atomic E-state index is 11.5. The fourth-order valence-corrected chi connectivity index (χ4v) is 1.29. The summed E-state index contributed by atoms with van der Waals surface area (Å²) in [6, 6.07) is 9.08. The molecule has 1 unspecified atom stereocenters. The Kier molecular flexibility index (Phi) is 4.84. The van der Waals surface area contributed by atoms with E-state index < -0.39 is 0 Å². The number of nitrogens with two attached hydrogens (primary N) is 1. The lowest BCUT2D eigenvalue weighted by atomic mass is 10.0. The molecule has 2 N–H and O–H groups in total. The third kappa shape index (κ3) is 4.13. The number of hydrogen-bond donors (Lipinski definition) is 1. The quantitative estimate of drug-likeness (QED) is 0.593. The fraction of sp³-hybridized carbons (Fsp3) is 0.417. The molecule has 0 bridgehead atoms. The third-order valence-corrected chi connectivity index (χ3v) is 2.34. The summed E-state index contributed by atoms with van der Waals surface area (Å²) >= 11 is 0. The molecule has 3 nitrogen and oxygen atoms in total. The van der Waals surface area contributed by atoms with Crippen molar-refractivity contribution in [2.24, 2.45) is 11.7 Å². The van der Waals surface area contributed by atoms with Crippen LogP contribution in [0.2, 0.25) is 0 Å². The molecule has 0 radical (unpaired) electrons. The first kappa shape index (κ1) is 11.7. The van der Waals surface area contributed by atoms with Crippen molar-refractivity contribution in [3.8, 4) is 5.75 Å². The molecule has 1 aromatic rings. The molecular weight excluding hydrogens is 190 g/mol. The monoisotopic (exact) mass is 207 g/mol. The predicted molar refractivity (Wildman–Crippen MR) is 59.5 cm³/mol. The van der Waals surface area contributed by atoms with Crippen LogP contribution in [0.15, 0.2) is 30.3 Å². The molecule has 0 heterocycles. The Morgan fingerprint density at radius 2 is 2.07 bits per heavy atom. The van der Waals surface area contributed by atoms with Crippen LogP contribution in [-0.2, 0) is 4.79 Å². The predicted octanol–water partition coefficient (Wildman–Crippen LogP) is 1.97. The van der Waals surface area contributed by atoms with Gasteiger partial charge in [0.25, 0.3) is 0 Å². The highest BCUT2D eigenvalue weighted by Crippen LogP contribution is 2.12. The van der Waals surface area contributed by atoms with Crippen LogP contribution in [0.4, 0.5) is 0 Å². The molecule has 0 fully saturated rings. The van der Waals surface area contributed by atoms with Crippen LogP contribution >= 0.6 is 0 Å². The Balaban J connectivity index is 2.43. The van der Waals surface area contributed by atoms with Crippen LogP contribution in [0.1, 0.15) is 19.8 Å². The molecule has 0 saturated heterocycles. The zero-order chi connectivity index (χ0) is 11.1. The summed E-state index contributed by atoms with van der Waals surface area (Å²) in [7, 11) is 0. The zero-order valence-corrected chi connectivity index (χ0v) is 8.98.